The molecule has 2 aromatic carbocycles. The topological polar surface area (TPSA) is 80.9 Å². The quantitative estimate of drug-likeness (QED) is 0.510. The molecule has 4 nitrogen and oxygen atoms in total. The molecule has 0 heterocycles. The molecule has 0 saturated carbocycles. The number of rotatable bonds is 3. The Hall–Kier alpha value is -2.36. The molecule has 0 radical (unpaired) electrons. The van der Waals surface area contributed by atoms with E-state index in [4.69, 9.17) is 15.3 Å². The maximum absolute atomic E-state index is 9.35. The van der Waals surface area contributed by atoms with E-state index in [1.165, 1.54) is 24.3 Å². The van der Waals surface area contributed by atoms with Gasteiger partial charge in [0, 0.05) is 0 Å². The molecule has 0 saturated heterocycles. The lowest BCUT2D eigenvalue weighted by Gasteiger charge is -2.03. The maximum Gasteiger partial charge on any atom is 0.157 e. The lowest BCUT2D eigenvalue weighted by Crippen LogP contribution is -1.84. The van der Waals surface area contributed by atoms with Crippen molar-refractivity contribution in [1.29, 1.82) is 0 Å². The van der Waals surface area contributed by atoms with Crippen molar-refractivity contribution in [2.45, 2.75) is 26.2 Å². The third kappa shape index (κ3) is 5.10. The summed E-state index contributed by atoms with van der Waals surface area (Å²) < 4.78 is 0. The summed E-state index contributed by atoms with van der Waals surface area (Å²) in [5.41, 5.74) is 0.830. The number of hydrogen-bond donors (Lipinski definition) is 4. The van der Waals surface area contributed by atoms with Crippen molar-refractivity contribution in [3.63, 3.8) is 0 Å². The van der Waals surface area contributed by atoms with Crippen LogP contribution in [0.5, 0.6) is 23.0 Å². The summed E-state index contributed by atoms with van der Waals surface area (Å²) in [4.78, 5) is 0. The summed E-state index contributed by atoms with van der Waals surface area (Å²) in [6, 6.07) is 10.8. The number of unbranched alkanes of at least 4 members (excludes halogenated alkanes) is 1. The van der Waals surface area contributed by atoms with Gasteiger partial charge in [-0.15, -0.1) is 0 Å². The molecule has 108 valence electrons. The highest BCUT2D eigenvalue weighted by Crippen LogP contribution is 2.23. The molecular weight excluding hydrogens is 256 g/mol. The normalized spacial score (nSPS) is 9.65. The summed E-state index contributed by atoms with van der Waals surface area (Å²) in [5, 5.41) is 35.8. The molecule has 4 heteroatoms. The molecule has 0 unspecified atom stereocenters. The van der Waals surface area contributed by atoms with E-state index in [1.54, 1.807) is 18.2 Å². The Bertz CT molecular complexity index is 517. The molecule has 0 aliphatic rings. The van der Waals surface area contributed by atoms with E-state index in [0.717, 1.165) is 24.8 Å². The second-order valence-corrected chi connectivity index (χ2v) is 4.41. The number of phenolic OH excluding ortho intramolecular Hbond substituents is 4. The number of aryl methyl sites for hydroxylation is 1. The van der Waals surface area contributed by atoms with E-state index >= 15 is 0 Å². The van der Waals surface area contributed by atoms with Gasteiger partial charge in [0.25, 0.3) is 0 Å². The van der Waals surface area contributed by atoms with Crippen molar-refractivity contribution in [1.82, 2.24) is 0 Å². The monoisotopic (exact) mass is 276 g/mol. The number of phenols is 4. The molecule has 2 aromatic rings. The van der Waals surface area contributed by atoms with Gasteiger partial charge in [-0.05, 0) is 48.7 Å². The summed E-state index contributed by atoms with van der Waals surface area (Å²) in [6.07, 6.45) is 2.96. The van der Waals surface area contributed by atoms with E-state index in [9.17, 15) is 5.11 Å². The van der Waals surface area contributed by atoms with Gasteiger partial charge in [0.15, 0.2) is 11.5 Å². The van der Waals surface area contributed by atoms with Gasteiger partial charge in [-0.2, -0.15) is 0 Å². The van der Waals surface area contributed by atoms with Crippen LogP contribution < -0.4 is 0 Å². The van der Waals surface area contributed by atoms with Crippen molar-refractivity contribution in [2.75, 3.05) is 0 Å². The smallest absolute Gasteiger partial charge is 0.157 e. The largest absolute Gasteiger partial charge is 0.508 e. The van der Waals surface area contributed by atoms with Crippen molar-refractivity contribution in [3.8, 4) is 23.0 Å². The second-order valence-electron chi connectivity index (χ2n) is 4.41. The van der Waals surface area contributed by atoms with Gasteiger partial charge in [0.1, 0.15) is 11.5 Å². The highest BCUT2D eigenvalue weighted by Gasteiger charge is 2.00. The zero-order valence-electron chi connectivity index (χ0n) is 11.5. The van der Waals surface area contributed by atoms with E-state index in [1.807, 2.05) is 0 Å². The van der Waals surface area contributed by atoms with Crippen LogP contribution in [0.1, 0.15) is 25.3 Å². The molecule has 0 atom stereocenters. The van der Waals surface area contributed by atoms with Crippen molar-refractivity contribution in [2.24, 2.45) is 0 Å². The van der Waals surface area contributed by atoms with Gasteiger partial charge in [-0.25, -0.2) is 0 Å². The molecule has 0 fully saturated rings. The van der Waals surface area contributed by atoms with Gasteiger partial charge in [-0.3, -0.25) is 0 Å². The van der Waals surface area contributed by atoms with Crippen LogP contribution in [0, 0.1) is 0 Å². The summed E-state index contributed by atoms with van der Waals surface area (Å²) in [5.74, 6) is 0.347. The first-order chi connectivity index (χ1) is 9.54. The average molecular weight is 276 g/mol. The minimum atomic E-state index is -0.0764. The predicted molar refractivity (Wildman–Crippen MR) is 78.2 cm³/mol. The fourth-order valence-electron chi connectivity index (χ4n) is 1.60. The standard InChI is InChI=1S/C10H14O2.C6H6O2/c1-2-3-4-8-7-9(11)5-6-10(8)12;7-5-3-1-2-4-6(5)8/h5-7,11-12H,2-4H2,1H3;1-4,7-8H. The highest BCUT2D eigenvalue weighted by molar-refractivity contribution is 5.38. The van der Waals surface area contributed by atoms with Crippen LogP contribution in [0.3, 0.4) is 0 Å². The van der Waals surface area contributed by atoms with Crippen molar-refractivity contribution in [3.05, 3.63) is 48.0 Å². The van der Waals surface area contributed by atoms with Crippen molar-refractivity contribution < 1.29 is 20.4 Å². The van der Waals surface area contributed by atoms with E-state index < -0.39 is 0 Å². The third-order valence-electron chi connectivity index (χ3n) is 2.74. The molecule has 0 aliphatic carbocycles. The molecule has 20 heavy (non-hydrogen) atoms. The molecule has 2 rings (SSSR count). The van der Waals surface area contributed by atoms with E-state index in [0.29, 0.717) is 0 Å². The third-order valence-corrected chi connectivity index (χ3v) is 2.74. The molecule has 4 N–H and O–H groups in total. The molecular formula is C16H20O4. The minimum Gasteiger partial charge on any atom is -0.508 e. The highest BCUT2D eigenvalue weighted by atomic mass is 16.3. The predicted octanol–water partition coefficient (Wildman–Crippen LogP) is 3.54. The van der Waals surface area contributed by atoms with Crippen LogP contribution in [0.25, 0.3) is 0 Å². The van der Waals surface area contributed by atoms with Gasteiger partial charge >= 0.3 is 0 Å². The second kappa shape index (κ2) is 7.94. The van der Waals surface area contributed by atoms with Gasteiger partial charge in [0.05, 0.1) is 0 Å². The van der Waals surface area contributed by atoms with Crippen LogP contribution in [0.15, 0.2) is 42.5 Å². The van der Waals surface area contributed by atoms with Crippen LogP contribution in [-0.4, -0.2) is 20.4 Å². The number of hydrogen-bond acceptors (Lipinski definition) is 4. The number of aromatic hydroxyl groups is 4. The Kier molecular flexibility index (Phi) is 6.23. The zero-order valence-corrected chi connectivity index (χ0v) is 11.5. The van der Waals surface area contributed by atoms with Crippen LogP contribution in [-0.2, 0) is 6.42 Å². The first-order valence-corrected chi connectivity index (χ1v) is 6.52. The summed E-state index contributed by atoms with van der Waals surface area (Å²) in [7, 11) is 0. The molecule has 0 aromatic heterocycles. The number of para-hydroxylation sites is 2. The Balaban J connectivity index is 0.000000217. The molecule has 0 aliphatic heterocycles. The van der Waals surface area contributed by atoms with Gasteiger partial charge < -0.3 is 20.4 Å². The van der Waals surface area contributed by atoms with E-state index in [-0.39, 0.29) is 23.0 Å². The van der Waals surface area contributed by atoms with Crippen LogP contribution in [0.4, 0.5) is 0 Å². The van der Waals surface area contributed by atoms with Crippen LogP contribution in [0.2, 0.25) is 0 Å². The number of benzene rings is 2. The van der Waals surface area contributed by atoms with Gasteiger partial charge in [0.2, 0.25) is 0 Å². The Morgan fingerprint density at radius 1 is 0.800 bits per heavy atom. The Morgan fingerprint density at radius 3 is 1.90 bits per heavy atom. The van der Waals surface area contributed by atoms with Crippen molar-refractivity contribution >= 4 is 0 Å². The SMILES string of the molecule is CCCCc1cc(O)ccc1O.Oc1ccccc1O. The molecule has 0 amide bonds. The van der Waals surface area contributed by atoms with Crippen LogP contribution >= 0.6 is 0 Å². The Morgan fingerprint density at radius 2 is 1.40 bits per heavy atom. The minimum absolute atomic E-state index is 0.0764. The van der Waals surface area contributed by atoms with Gasteiger partial charge in [-0.1, -0.05) is 25.5 Å². The fraction of sp³-hybridized carbons (Fsp3) is 0.250. The Labute approximate surface area is 118 Å². The van der Waals surface area contributed by atoms with E-state index in [2.05, 4.69) is 6.92 Å². The molecule has 0 spiro atoms. The summed E-state index contributed by atoms with van der Waals surface area (Å²) in [6.45, 7) is 2.10. The first-order valence-electron chi connectivity index (χ1n) is 6.52. The molecule has 0 bridgehead atoms. The maximum atomic E-state index is 9.35. The average Bonchev–Trinajstić information content (AvgIpc) is 2.44. The fourth-order valence-corrected chi connectivity index (χ4v) is 1.60. The lowest BCUT2D eigenvalue weighted by molar-refractivity contribution is 0.404. The lowest BCUT2D eigenvalue weighted by atomic mass is 10.1. The summed E-state index contributed by atoms with van der Waals surface area (Å²) >= 11 is 0. The first kappa shape index (κ1) is 15.7. The zero-order chi connectivity index (χ0) is 15.0.